The highest BCUT2D eigenvalue weighted by atomic mass is 32.2. The number of amides is 1. The summed E-state index contributed by atoms with van der Waals surface area (Å²) in [6, 6.07) is 21.8. The first-order chi connectivity index (χ1) is 16.8. The fourth-order valence-electron chi connectivity index (χ4n) is 4.03. The van der Waals surface area contributed by atoms with E-state index >= 15 is 0 Å². The second-order valence-electron chi connectivity index (χ2n) is 8.70. The highest BCUT2D eigenvalue weighted by Gasteiger charge is 2.38. The van der Waals surface area contributed by atoms with E-state index in [1.165, 1.54) is 11.4 Å². The third-order valence-electron chi connectivity index (χ3n) is 6.01. The molecule has 1 atom stereocenters. The minimum absolute atomic E-state index is 0.0612. The summed E-state index contributed by atoms with van der Waals surface area (Å²) in [5.74, 6) is 0.361. The Balaban J connectivity index is 1.62. The van der Waals surface area contributed by atoms with Crippen molar-refractivity contribution in [3.05, 3.63) is 83.9 Å². The Hall–Kier alpha value is -3.52. The minimum atomic E-state index is -4.06. The van der Waals surface area contributed by atoms with E-state index in [9.17, 15) is 13.2 Å². The molecule has 4 rings (SSSR count). The molecule has 0 aromatic heterocycles. The zero-order chi connectivity index (χ0) is 25.0. The fraction of sp³-hybridized carbons (Fsp3) is 0.296. The van der Waals surface area contributed by atoms with Crippen molar-refractivity contribution >= 4 is 21.6 Å². The number of ether oxygens (including phenoxy) is 2. The van der Waals surface area contributed by atoms with Crippen LogP contribution in [0, 0.1) is 0 Å². The fourth-order valence-corrected chi connectivity index (χ4v) is 5.70. The van der Waals surface area contributed by atoms with Crippen molar-refractivity contribution in [1.82, 2.24) is 5.32 Å². The second kappa shape index (κ2) is 10.4. The average molecular weight is 495 g/mol. The third kappa shape index (κ3) is 5.27. The Labute approximate surface area is 206 Å². The summed E-state index contributed by atoms with van der Waals surface area (Å²) in [6.45, 7) is 4.27. The van der Waals surface area contributed by atoms with Gasteiger partial charge in [0.05, 0.1) is 19.3 Å². The lowest BCUT2D eigenvalue weighted by molar-refractivity contribution is -0.127. The second-order valence-corrected chi connectivity index (χ2v) is 10.5. The van der Waals surface area contributed by atoms with E-state index in [4.69, 9.17) is 9.47 Å². The molecule has 1 aliphatic rings. The average Bonchev–Trinajstić information content (AvgIpc) is 2.88. The number of carbonyl (C=O) groups excluding carboxylic acids is 1. The summed E-state index contributed by atoms with van der Waals surface area (Å²) in [4.78, 5) is 13.1. The SMILES string of the molecule is COc1ccc(C(C)C)cc1S(=O)(=O)N1C[C@@H](C(=O)NCCc2ccccc2)Oc2ccccc21. The molecular weight excluding hydrogens is 464 g/mol. The minimum Gasteiger partial charge on any atom is -0.495 e. The Kier molecular flexibility index (Phi) is 7.31. The van der Waals surface area contributed by atoms with Crippen LogP contribution in [-0.2, 0) is 21.2 Å². The number of nitrogens with zero attached hydrogens (tertiary/aromatic N) is 1. The number of carbonyl (C=O) groups is 1. The van der Waals surface area contributed by atoms with Crippen LogP contribution in [0.25, 0.3) is 0 Å². The molecule has 3 aromatic carbocycles. The molecule has 184 valence electrons. The van der Waals surface area contributed by atoms with E-state index in [0.717, 1.165) is 11.1 Å². The lowest BCUT2D eigenvalue weighted by atomic mass is 10.0. The quantitative estimate of drug-likeness (QED) is 0.509. The summed E-state index contributed by atoms with van der Waals surface area (Å²) in [7, 11) is -2.61. The topological polar surface area (TPSA) is 84.9 Å². The molecule has 35 heavy (non-hydrogen) atoms. The zero-order valence-electron chi connectivity index (χ0n) is 20.1. The van der Waals surface area contributed by atoms with E-state index in [1.54, 1.807) is 36.4 Å². The van der Waals surface area contributed by atoms with Crippen LogP contribution in [0.15, 0.2) is 77.7 Å². The van der Waals surface area contributed by atoms with E-state index in [-0.39, 0.29) is 29.0 Å². The molecule has 0 saturated heterocycles. The number of sulfonamides is 1. The molecule has 3 aromatic rings. The molecule has 1 aliphatic heterocycles. The van der Waals surface area contributed by atoms with Crippen LogP contribution in [0.4, 0.5) is 5.69 Å². The smallest absolute Gasteiger partial charge is 0.268 e. The predicted octanol–water partition coefficient (Wildman–Crippen LogP) is 4.13. The number of benzene rings is 3. The lowest BCUT2D eigenvalue weighted by Crippen LogP contribution is -2.51. The first-order valence-electron chi connectivity index (χ1n) is 11.6. The Morgan fingerprint density at radius 2 is 1.80 bits per heavy atom. The molecule has 7 nitrogen and oxygen atoms in total. The number of anilines is 1. The van der Waals surface area contributed by atoms with Gasteiger partial charge in [-0.2, -0.15) is 0 Å². The van der Waals surface area contributed by atoms with E-state index in [1.807, 2.05) is 50.2 Å². The molecule has 1 N–H and O–H groups in total. The predicted molar refractivity (Wildman–Crippen MR) is 136 cm³/mol. The molecule has 1 amide bonds. The first kappa shape index (κ1) is 24.6. The summed E-state index contributed by atoms with van der Waals surface area (Å²) in [5, 5.41) is 2.88. The number of nitrogens with one attached hydrogen (secondary N) is 1. The van der Waals surface area contributed by atoms with Crippen LogP contribution in [0.5, 0.6) is 11.5 Å². The maximum Gasteiger partial charge on any atom is 0.268 e. The maximum absolute atomic E-state index is 13.9. The summed E-state index contributed by atoms with van der Waals surface area (Å²) in [5.41, 5.74) is 2.36. The van der Waals surface area contributed by atoms with Gasteiger partial charge in [-0.1, -0.05) is 62.4 Å². The molecule has 0 saturated carbocycles. The van der Waals surface area contributed by atoms with Crippen LogP contribution in [0.3, 0.4) is 0 Å². The lowest BCUT2D eigenvalue weighted by Gasteiger charge is -2.35. The number of para-hydroxylation sites is 2. The number of methoxy groups -OCH3 is 1. The number of hydrogen-bond acceptors (Lipinski definition) is 5. The number of hydrogen-bond donors (Lipinski definition) is 1. The molecule has 0 spiro atoms. The zero-order valence-corrected chi connectivity index (χ0v) is 20.9. The van der Waals surface area contributed by atoms with Crippen LogP contribution >= 0.6 is 0 Å². The van der Waals surface area contributed by atoms with Gasteiger partial charge >= 0.3 is 0 Å². The van der Waals surface area contributed by atoms with Gasteiger partial charge in [0.15, 0.2) is 6.10 Å². The van der Waals surface area contributed by atoms with E-state index < -0.39 is 16.1 Å². The molecule has 0 aliphatic carbocycles. The number of fused-ring (bicyclic) bond motifs is 1. The normalized spacial score (nSPS) is 15.3. The van der Waals surface area contributed by atoms with Crippen molar-refractivity contribution < 1.29 is 22.7 Å². The molecule has 0 radical (unpaired) electrons. The highest BCUT2D eigenvalue weighted by molar-refractivity contribution is 7.93. The van der Waals surface area contributed by atoms with Gasteiger partial charge in [-0.25, -0.2) is 8.42 Å². The van der Waals surface area contributed by atoms with Crippen molar-refractivity contribution in [3.8, 4) is 11.5 Å². The van der Waals surface area contributed by atoms with Gasteiger partial charge in [0.1, 0.15) is 16.4 Å². The van der Waals surface area contributed by atoms with Crippen molar-refractivity contribution in [1.29, 1.82) is 0 Å². The van der Waals surface area contributed by atoms with Crippen LogP contribution in [0.1, 0.15) is 30.9 Å². The number of rotatable bonds is 8. The van der Waals surface area contributed by atoms with Crippen molar-refractivity contribution in [2.45, 2.75) is 37.2 Å². The van der Waals surface area contributed by atoms with Crippen LogP contribution < -0.4 is 19.1 Å². The monoisotopic (exact) mass is 494 g/mol. The summed E-state index contributed by atoms with van der Waals surface area (Å²) >= 11 is 0. The Bertz CT molecular complexity index is 1290. The molecule has 0 unspecified atom stereocenters. The van der Waals surface area contributed by atoms with Gasteiger partial charge in [-0.15, -0.1) is 0 Å². The van der Waals surface area contributed by atoms with E-state index in [0.29, 0.717) is 24.4 Å². The van der Waals surface area contributed by atoms with Crippen LogP contribution in [0.2, 0.25) is 0 Å². The Morgan fingerprint density at radius 1 is 1.09 bits per heavy atom. The van der Waals surface area contributed by atoms with Gasteiger partial charge in [-0.3, -0.25) is 9.10 Å². The summed E-state index contributed by atoms with van der Waals surface area (Å²) < 4.78 is 40.4. The molecule has 0 fully saturated rings. The molecule has 8 heteroatoms. The van der Waals surface area contributed by atoms with Gasteiger partial charge in [0, 0.05) is 6.54 Å². The van der Waals surface area contributed by atoms with Crippen molar-refractivity contribution in [3.63, 3.8) is 0 Å². The third-order valence-corrected chi connectivity index (χ3v) is 7.81. The first-order valence-corrected chi connectivity index (χ1v) is 13.0. The van der Waals surface area contributed by atoms with E-state index in [2.05, 4.69) is 5.32 Å². The Morgan fingerprint density at radius 3 is 2.51 bits per heavy atom. The summed E-state index contributed by atoms with van der Waals surface area (Å²) in [6.07, 6.45) is -0.327. The maximum atomic E-state index is 13.9. The van der Waals surface area contributed by atoms with Crippen molar-refractivity contribution in [2.24, 2.45) is 0 Å². The van der Waals surface area contributed by atoms with Gasteiger partial charge in [0.2, 0.25) is 0 Å². The standard InChI is InChI=1S/C27H30N2O5S/c1-19(2)21-13-14-24(33-3)26(17-21)35(31,32)29-18-25(34-23-12-8-7-11-22(23)29)27(30)28-16-15-20-9-5-4-6-10-20/h4-14,17,19,25H,15-16,18H2,1-3H3,(H,28,30)/t25-/m0/s1. The van der Waals surface area contributed by atoms with Crippen LogP contribution in [-0.4, -0.2) is 40.6 Å². The van der Waals surface area contributed by atoms with Gasteiger partial charge in [-0.05, 0) is 47.7 Å². The van der Waals surface area contributed by atoms with Gasteiger partial charge in [0.25, 0.3) is 15.9 Å². The molecular formula is C27H30N2O5S. The molecule has 1 heterocycles. The van der Waals surface area contributed by atoms with Crippen molar-refractivity contribution in [2.75, 3.05) is 24.5 Å². The highest BCUT2D eigenvalue weighted by Crippen LogP contribution is 2.39. The molecule has 0 bridgehead atoms. The van der Waals surface area contributed by atoms with Gasteiger partial charge < -0.3 is 14.8 Å². The largest absolute Gasteiger partial charge is 0.495 e.